The molecule has 4 nitrogen and oxygen atoms in total. The molecule has 1 unspecified atom stereocenters. The third-order valence-electron chi connectivity index (χ3n) is 2.97. The normalized spacial score (nSPS) is 17.1. The molecule has 1 aromatic heterocycles. The highest BCUT2D eigenvalue weighted by Gasteiger charge is 2.32. The van der Waals surface area contributed by atoms with Crippen LogP contribution in [0.1, 0.15) is 24.7 Å². The van der Waals surface area contributed by atoms with Crippen LogP contribution in [0.5, 0.6) is 0 Å². The molecule has 2 N–H and O–H groups in total. The van der Waals surface area contributed by atoms with E-state index in [2.05, 4.69) is 26.1 Å². The number of hydrogen-bond acceptors (Lipinski definition) is 4. The lowest BCUT2D eigenvalue weighted by Crippen LogP contribution is -2.13. The van der Waals surface area contributed by atoms with Gasteiger partial charge >= 0.3 is 0 Å². The minimum absolute atomic E-state index is 0.0880. The molecule has 1 aliphatic carbocycles. The van der Waals surface area contributed by atoms with Crippen molar-refractivity contribution in [2.75, 3.05) is 0 Å². The molecule has 1 aliphatic rings. The number of halogens is 1. The standard InChI is InChI=1S/C12H12BrN3O/c13-9-4-2-1-3-8(9)12-15-11(16-17-12)10(14)7-5-6-7/h1-4,7,10H,5-6,14H2. The van der Waals surface area contributed by atoms with Crippen molar-refractivity contribution in [2.45, 2.75) is 18.9 Å². The SMILES string of the molecule is NC(c1noc(-c2ccccc2Br)n1)C1CC1. The fraction of sp³-hybridized carbons (Fsp3) is 0.333. The summed E-state index contributed by atoms with van der Waals surface area (Å²) in [7, 11) is 0. The molecule has 0 saturated heterocycles. The van der Waals surface area contributed by atoms with Gasteiger partial charge in [0.1, 0.15) is 0 Å². The Bertz CT molecular complexity index is 536. The Morgan fingerprint density at radius 3 is 2.82 bits per heavy atom. The van der Waals surface area contributed by atoms with E-state index in [4.69, 9.17) is 10.3 Å². The first-order valence-electron chi connectivity index (χ1n) is 5.60. The summed E-state index contributed by atoms with van der Waals surface area (Å²) in [6.45, 7) is 0. The fourth-order valence-electron chi connectivity index (χ4n) is 1.78. The Hall–Kier alpha value is -1.20. The fourth-order valence-corrected chi connectivity index (χ4v) is 2.23. The average molecular weight is 294 g/mol. The number of benzene rings is 1. The third-order valence-corrected chi connectivity index (χ3v) is 3.67. The van der Waals surface area contributed by atoms with Crippen LogP contribution >= 0.6 is 15.9 Å². The maximum atomic E-state index is 6.03. The summed E-state index contributed by atoms with van der Waals surface area (Å²) < 4.78 is 6.20. The molecule has 88 valence electrons. The summed E-state index contributed by atoms with van der Waals surface area (Å²) in [5.41, 5.74) is 6.93. The van der Waals surface area contributed by atoms with Crippen LogP contribution < -0.4 is 5.73 Å². The van der Waals surface area contributed by atoms with Gasteiger partial charge in [0.2, 0.25) is 0 Å². The van der Waals surface area contributed by atoms with Gasteiger partial charge in [-0.1, -0.05) is 17.3 Å². The van der Waals surface area contributed by atoms with Crippen molar-refractivity contribution in [3.05, 3.63) is 34.6 Å². The van der Waals surface area contributed by atoms with Gasteiger partial charge in [0.25, 0.3) is 5.89 Å². The van der Waals surface area contributed by atoms with Gasteiger partial charge in [0.05, 0.1) is 11.6 Å². The molecule has 1 atom stereocenters. The third kappa shape index (κ3) is 2.12. The molecular weight excluding hydrogens is 282 g/mol. The number of rotatable bonds is 3. The van der Waals surface area contributed by atoms with Crippen LogP contribution in [0.4, 0.5) is 0 Å². The molecule has 1 aromatic carbocycles. The van der Waals surface area contributed by atoms with Gasteiger partial charge in [-0.15, -0.1) is 0 Å². The van der Waals surface area contributed by atoms with Crippen LogP contribution in [-0.2, 0) is 0 Å². The number of nitrogens with zero attached hydrogens (tertiary/aromatic N) is 2. The molecule has 0 amide bonds. The monoisotopic (exact) mass is 293 g/mol. The van der Waals surface area contributed by atoms with E-state index in [0.717, 1.165) is 10.0 Å². The maximum Gasteiger partial charge on any atom is 0.259 e. The van der Waals surface area contributed by atoms with Gasteiger partial charge in [-0.2, -0.15) is 4.98 Å². The Morgan fingerprint density at radius 1 is 1.35 bits per heavy atom. The molecule has 5 heteroatoms. The molecule has 3 rings (SSSR count). The Labute approximate surface area is 107 Å². The van der Waals surface area contributed by atoms with E-state index < -0.39 is 0 Å². The zero-order valence-electron chi connectivity index (χ0n) is 9.14. The lowest BCUT2D eigenvalue weighted by molar-refractivity contribution is 0.411. The molecule has 0 radical (unpaired) electrons. The van der Waals surface area contributed by atoms with Gasteiger partial charge in [0.15, 0.2) is 5.82 Å². The van der Waals surface area contributed by atoms with E-state index in [0.29, 0.717) is 17.6 Å². The largest absolute Gasteiger partial charge is 0.334 e. The smallest absolute Gasteiger partial charge is 0.259 e. The van der Waals surface area contributed by atoms with Crippen LogP contribution in [0.3, 0.4) is 0 Å². The summed E-state index contributed by atoms with van der Waals surface area (Å²) in [5.74, 6) is 1.65. The minimum Gasteiger partial charge on any atom is -0.334 e. The summed E-state index contributed by atoms with van der Waals surface area (Å²) in [5, 5.41) is 3.96. The lowest BCUT2D eigenvalue weighted by atomic mass is 10.2. The second kappa shape index (κ2) is 4.23. The highest BCUT2D eigenvalue weighted by atomic mass is 79.9. The van der Waals surface area contributed by atoms with Crippen LogP contribution in [0, 0.1) is 5.92 Å². The molecule has 0 spiro atoms. The van der Waals surface area contributed by atoms with Crippen molar-refractivity contribution >= 4 is 15.9 Å². The van der Waals surface area contributed by atoms with Gasteiger partial charge in [-0.25, -0.2) is 0 Å². The molecular formula is C12H12BrN3O. The number of nitrogens with two attached hydrogens (primary N) is 1. The zero-order chi connectivity index (χ0) is 11.8. The molecule has 1 fully saturated rings. The first-order valence-corrected chi connectivity index (χ1v) is 6.39. The Balaban J connectivity index is 1.92. The second-order valence-electron chi connectivity index (χ2n) is 4.30. The topological polar surface area (TPSA) is 64.9 Å². The van der Waals surface area contributed by atoms with E-state index >= 15 is 0 Å². The predicted molar refractivity (Wildman–Crippen MR) is 67.1 cm³/mol. The molecule has 17 heavy (non-hydrogen) atoms. The van der Waals surface area contributed by atoms with Crippen LogP contribution in [-0.4, -0.2) is 10.1 Å². The predicted octanol–water partition coefficient (Wildman–Crippen LogP) is 2.91. The first kappa shape index (κ1) is 10.9. The summed E-state index contributed by atoms with van der Waals surface area (Å²) in [4.78, 5) is 4.37. The quantitative estimate of drug-likeness (QED) is 0.945. The summed E-state index contributed by atoms with van der Waals surface area (Å²) in [6, 6.07) is 7.67. The molecule has 1 heterocycles. The molecule has 0 bridgehead atoms. The van der Waals surface area contributed by atoms with E-state index in [1.165, 1.54) is 12.8 Å². The van der Waals surface area contributed by atoms with Gasteiger partial charge in [-0.3, -0.25) is 0 Å². The summed E-state index contributed by atoms with van der Waals surface area (Å²) in [6.07, 6.45) is 2.33. The Morgan fingerprint density at radius 2 is 2.12 bits per heavy atom. The van der Waals surface area contributed by atoms with Gasteiger partial charge < -0.3 is 10.3 Å². The highest BCUT2D eigenvalue weighted by Crippen LogP contribution is 2.39. The maximum absolute atomic E-state index is 6.03. The van der Waals surface area contributed by atoms with Crippen molar-refractivity contribution in [2.24, 2.45) is 11.7 Å². The average Bonchev–Trinajstić information content (AvgIpc) is 3.07. The van der Waals surface area contributed by atoms with Gasteiger partial charge in [0, 0.05) is 4.47 Å². The molecule has 2 aromatic rings. The van der Waals surface area contributed by atoms with Crippen LogP contribution in [0.2, 0.25) is 0 Å². The van der Waals surface area contributed by atoms with Crippen molar-refractivity contribution in [1.82, 2.24) is 10.1 Å². The van der Waals surface area contributed by atoms with Gasteiger partial charge in [-0.05, 0) is 46.8 Å². The molecule has 0 aliphatic heterocycles. The van der Waals surface area contributed by atoms with E-state index in [-0.39, 0.29) is 6.04 Å². The zero-order valence-corrected chi connectivity index (χ0v) is 10.7. The second-order valence-corrected chi connectivity index (χ2v) is 5.16. The number of aromatic nitrogens is 2. The first-order chi connectivity index (χ1) is 8.25. The lowest BCUT2D eigenvalue weighted by Gasteiger charge is -2.02. The van der Waals surface area contributed by atoms with Crippen molar-refractivity contribution < 1.29 is 4.52 Å². The van der Waals surface area contributed by atoms with Crippen molar-refractivity contribution in [3.63, 3.8) is 0 Å². The minimum atomic E-state index is -0.0880. The van der Waals surface area contributed by atoms with Crippen LogP contribution in [0.25, 0.3) is 11.5 Å². The van der Waals surface area contributed by atoms with Crippen molar-refractivity contribution in [1.29, 1.82) is 0 Å². The van der Waals surface area contributed by atoms with E-state index in [1.54, 1.807) is 0 Å². The Kier molecular flexibility index (Phi) is 2.72. The molecule has 1 saturated carbocycles. The highest BCUT2D eigenvalue weighted by molar-refractivity contribution is 9.10. The van der Waals surface area contributed by atoms with Crippen molar-refractivity contribution in [3.8, 4) is 11.5 Å². The number of hydrogen-bond donors (Lipinski definition) is 1. The van der Waals surface area contributed by atoms with E-state index in [1.807, 2.05) is 24.3 Å². The van der Waals surface area contributed by atoms with E-state index in [9.17, 15) is 0 Å². The van der Waals surface area contributed by atoms with Crippen LogP contribution in [0.15, 0.2) is 33.3 Å². The summed E-state index contributed by atoms with van der Waals surface area (Å²) >= 11 is 3.46.